The first-order valence-corrected chi connectivity index (χ1v) is 11.4. The summed E-state index contributed by atoms with van der Waals surface area (Å²) in [6, 6.07) is 4.65. The number of aromatic nitrogens is 2. The van der Waals surface area contributed by atoms with Gasteiger partial charge in [0.1, 0.15) is 17.7 Å². The molecule has 5 atom stereocenters. The molecule has 180 valence electrons. The topological polar surface area (TPSA) is 135 Å². The molecule has 2 aliphatic heterocycles. The Morgan fingerprint density at radius 3 is 2.88 bits per heavy atom. The molecule has 1 aromatic carbocycles. The molecule has 3 N–H and O–H groups in total. The largest absolute Gasteiger partial charge is 0.475 e. The minimum atomic E-state index is -4.31. The highest BCUT2D eigenvalue weighted by atomic mass is 35.5. The molecule has 10 nitrogen and oxygen atoms in total. The van der Waals surface area contributed by atoms with E-state index in [4.69, 9.17) is 35.6 Å². The van der Waals surface area contributed by atoms with Gasteiger partial charge >= 0.3 is 19.4 Å². The average molecular weight is 512 g/mol. The molecule has 0 spiro atoms. The predicted octanol–water partition coefficient (Wildman–Crippen LogP) is 2.81. The summed E-state index contributed by atoms with van der Waals surface area (Å²) in [5, 5.41) is 10.2. The molecule has 2 saturated heterocycles. The third kappa shape index (κ3) is 4.80. The van der Waals surface area contributed by atoms with E-state index >= 15 is 0 Å². The van der Waals surface area contributed by atoms with Crippen molar-refractivity contribution in [3.8, 4) is 0 Å². The fourth-order valence-corrected chi connectivity index (χ4v) is 5.05. The van der Waals surface area contributed by atoms with Gasteiger partial charge in [0.05, 0.1) is 19.3 Å². The van der Waals surface area contributed by atoms with E-state index in [2.05, 4.69) is 4.98 Å². The maximum Gasteiger partial charge on any atom is 0.475 e. The summed E-state index contributed by atoms with van der Waals surface area (Å²) < 4.78 is 76.8. The standard InChI is InChI=1S/C18H18ClF3N3O7P/c19-11-2-1-9(20)7-10(11)12-4-6-29-33(28,32-12)30-8-13-15(26)18(21,22)16(31-13)25-5-3-14(23)24-17(25)27/h1-3,5,7,12-13,15-16,26H,4,6,8H2,(H2,23,24,27)/t12-,13-,15-,16-,33?/m1/s1. The molecule has 0 bridgehead atoms. The Labute approximate surface area is 189 Å². The van der Waals surface area contributed by atoms with Crippen LogP contribution in [-0.2, 0) is 22.9 Å². The lowest BCUT2D eigenvalue weighted by Gasteiger charge is -2.30. The lowest BCUT2D eigenvalue weighted by molar-refractivity contribution is -0.140. The number of aliphatic hydroxyl groups is 1. The molecule has 33 heavy (non-hydrogen) atoms. The van der Waals surface area contributed by atoms with Crippen LogP contribution in [0.3, 0.4) is 0 Å². The van der Waals surface area contributed by atoms with Crippen LogP contribution in [0.2, 0.25) is 5.02 Å². The zero-order valence-corrected chi connectivity index (χ0v) is 18.3. The highest BCUT2D eigenvalue weighted by Gasteiger charge is 2.60. The number of halogens is 4. The van der Waals surface area contributed by atoms with E-state index in [-0.39, 0.29) is 29.4 Å². The second-order valence-corrected chi connectivity index (χ2v) is 9.34. The van der Waals surface area contributed by atoms with Gasteiger partial charge in [0.15, 0.2) is 6.10 Å². The number of hydrogen-bond donors (Lipinski definition) is 2. The van der Waals surface area contributed by atoms with Crippen LogP contribution < -0.4 is 11.4 Å². The Hall–Kier alpha value is -1.99. The van der Waals surface area contributed by atoms with E-state index in [9.17, 15) is 27.6 Å². The second-order valence-electron chi connectivity index (χ2n) is 7.31. The van der Waals surface area contributed by atoms with E-state index in [0.717, 1.165) is 24.4 Å². The van der Waals surface area contributed by atoms with E-state index in [1.165, 1.54) is 6.07 Å². The summed E-state index contributed by atoms with van der Waals surface area (Å²) in [4.78, 5) is 15.3. The van der Waals surface area contributed by atoms with Crippen molar-refractivity contribution in [2.24, 2.45) is 0 Å². The van der Waals surface area contributed by atoms with Crippen LogP contribution in [0.5, 0.6) is 0 Å². The van der Waals surface area contributed by atoms with Crippen LogP contribution in [0, 0.1) is 5.82 Å². The van der Waals surface area contributed by atoms with Gasteiger partial charge in [0.25, 0.3) is 0 Å². The van der Waals surface area contributed by atoms with Gasteiger partial charge in [0, 0.05) is 23.2 Å². The van der Waals surface area contributed by atoms with Gasteiger partial charge in [-0.15, -0.1) is 0 Å². The number of rotatable bonds is 5. The van der Waals surface area contributed by atoms with E-state index in [1.54, 1.807) is 0 Å². The van der Waals surface area contributed by atoms with Crippen LogP contribution >= 0.6 is 19.4 Å². The van der Waals surface area contributed by atoms with Gasteiger partial charge in [0.2, 0.25) is 6.23 Å². The molecule has 1 aromatic heterocycles. The lowest BCUT2D eigenvalue weighted by Crippen LogP contribution is -2.42. The monoisotopic (exact) mass is 511 g/mol. The highest BCUT2D eigenvalue weighted by Crippen LogP contribution is 2.58. The van der Waals surface area contributed by atoms with Crippen molar-refractivity contribution in [1.29, 1.82) is 0 Å². The van der Waals surface area contributed by atoms with Crippen LogP contribution in [0.4, 0.5) is 19.0 Å². The first-order valence-electron chi connectivity index (χ1n) is 9.58. The maximum absolute atomic E-state index is 14.6. The number of nitrogens with zero attached hydrogens (tertiary/aromatic N) is 2. The summed E-state index contributed by atoms with van der Waals surface area (Å²) in [5.74, 6) is -4.70. The second kappa shape index (κ2) is 8.99. The number of phosphoric acid groups is 1. The molecular formula is C18H18ClF3N3O7P. The molecule has 0 radical (unpaired) electrons. The molecule has 0 saturated carbocycles. The summed E-state index contributed by atoms with van der Waals surface area (Å²) in [6.45, 7) is -0.945. The van der Waals surface area contributed by atoms with Crippen LogP contribution in [-0.4, -0.2) is 46.0 Å². The van der Waals surface area contributed by atoms with Crippen LogP contribution in [0.15, 0.2) is 35.3 Å². The number of nitrogens with two attached hydrogens (primary N) is 1. The number of anilines is 1. The minimum absolute atomic E-state index is 0.117. The highest BCUT2D eigenvalue weighted by molar-refractivity contribution is 7.48. The number of alkyl halides is 2. The van der Waals surface area contributed by atoms with Crippen molar-refractivity contribution in [2.75, 3.05) is 18.9 Å². The van der Waals surface area contributed by atoms with Gasteiger partial charge in [-0.25, -0.2) is 13.8 Å². The third-order valence-corrected chi connectivity index (χ3v) is 6.89. The molecule has 2 fully saturated rings. The minimum Gasteiger partial charge on any atom is -0.384 e. The number of ether oxygens (including phenoxy) is 1. The zero-order valence-electron chi connectivity index (χ0n) is 16.6. The van der Waals surface area contributed by atoms with Gasteiger partial charge in [-0.05, 0) is 24.3 Å². The molecule has 15 heteroatoms. The summed E-state index contributed by atoms with van der Waals surface area (Å²) in [5.41, 5.74) is 4.45. The maximum atomic E-state index is 14.6. The normalized spacial score (nSPS) is 31.5. The summed E-state index contributed by atoms with van der Waals surface area (Å²) in [7, 11) is -4.31. The Kier molecular flexibility index (Phi) is 6.58. The van der Waals surface area contributed by atoms with Gasteiger partial charge in [-0.2, -0.15) is 13.8 Å². The smallest absolute Gasteiger partial charge is 0.384 e. The number of aliphatic hydroxyl groups excluding tert-OH is 1. The number of benzene rings is 1. The number of phosphoric ester groups is 1. The molecule has 4 rings (SSSR count). The van der Waals surface area contributed by atoms with E-state index in [0.29, 0.717) is 4.57 Å². The van der Waals surface area contributed by atoms with Crippen molar-refractivity contribution in [1.82, 2.24) is 9.55 Å². The van der Waals surface area contributed by atoms with Crippen molar-refractivity contribution < 1.29 is 41.2 Å². The van der Waals surface area contributed by atoms with Crippen LogP contribution in [0.1, 0.15) is 24.3 Å². The summed E-state index contributed by atoms with van der Waals surface area (Å²) in [6.07, 6.45) is -6.17. The molecule has 3 heterocycles. The average Bonchev–Trinajstić information content (AvgIpc) is 2.97. The SMILES string of the molecule is Nc1ccn([C@@H]2O[C@H](COP3(=O)OCC[C@H](c4cc(F)ccc4Cl)O3)[C@@H](O)C2(F)F)c(=O)n1. The van der Waals surface area contributed by atoms with Crippen molar-refractivity contribution in [2.45, 2.75) is 36.9 Å². The molecule has 1 unspecified atom stereocenters. The molecule has 0 aliphatic carbocycles. The van der Waals surface area contributed by atoms with Crippen molar-refractivity contribution in [3.63, 3.8) is 0 Å². The Morgan fingerprint density at radius 1 is 1.39 bits per heavy atom. The van der Waals surface area contributed by atoms with Gasteiger partial charge in [-0.3, -0.25) is 18.1 Å². The fraction of sp³-hybridized carbons (Fsp3) is 0.444. The molecular weight excluding hydrogens is 494 g/mol. The molecule has 0 amide bonds. The van der Waals surface area contributed by atoms with Gasteiger partial charge in [-0.1, -0.05) is 11.6 Å². The summed E-state index contributed by atoms with van der Waals surface area (Å²) >= 11 is 6.06. The quantitative estimate of drug-likeness (QED) is 0.581. The van der Waals surface area contributed by atoms with Gasteiger partial charge < -0.3 is 15.6 Å². The fourth-order valence-electron chi connectivity index (χ4n) is 3.43. The number of hydrogen-bond acceptors (Lipinski definition) is 9. The Bertz CT molecular complexity index is 1150. The number of nitrogen functional groups attached to an aromatic ring is 1. The van der Waals surface area contributed by atoms with Crippen LogP contribution in [0.25, 0.3) is 0 Å². The Balaban J connectivity index is 1.47. The third-order valence-electron chi connectivity index (χ3n) is 5.07. The molecule has 2 aromatic rings. The van der Waals surface area contributed by atoms with E-state index in [1.807, 2.05) is 0 Å². The molecule has 2 aliphatic rings. The zero-order chi connectivity index (χ0) is 24.0. The van der Waals surface area contributed by atoms with Crippen molar-refractivity contribution >= 4 is 25.2 Å². The van der Waals surface area contributed by atoms with E-state index < -0.39 is 56.4 Å². The first kappa shape index (κ1) is 24.1. The first-order chi connectivity index (χ1) is 15.5. The lowest BCUT2D eigenvalue weighted by atomic mass is 10.1. The predicted molar refractivity (Wildman–Crippen MR) is 107 cm³/mol. The van der Waals surface area contributed by atoms with Crippen molar-refractivity contribution in [3.05, 3.63) is 57.3 Å². The Morgan fingerprint density at radius 2 is 2.15 bits per heavy atom.